The van der Waals surface area contributed by atoms with Crippen molar-refractivity contribution in [2.45, 2.75) is 13.3 Å². The lowest BCUT2D eigenvalue weighted by Gasteiger charge is -2.06. The number of hydrogen-bond donors (Lipinski definition) is 1. The molecule has 0 aliphatic carbocycles. The number of carbonyl (C=O) groups excluding carboxylic acids is 1. The van der Waals surface area contributed by atoms with Gasteiger partial charge >= 0.3 is 0 Å². The summed E-state index contributed by atoms with van der Waals surface area (Å²) in [6, 6.07) is 15.0. The average molecular weight is 382 g/mol. The molecule has 0 atom stereocenters. The molecule has 0 spiro atoms. The summed E-state index contributed by atoms with van der Waals surface area (Å²) in [5.41, 5.74) is 5.18. The van der Waals surface area contributed by atoms with Gasteiger partial charge in [-0.1, -0.05) is 6.07 Å². The quantitative estimate of drug-likeness (QED) is 0.568. The minimum Gasteiger partial charge on any atom is -0.310 e. The first-order valence-corrected chi connectivity index (χ1v) is 9.09. The molecule has 0 aliphatic heterocycles. The molecule has 0 radical (unpaired) electrons. The summed E-state index contributed by atoms with van der Waals surface area (Å²) in [6.07, 6.45) is 6.97. The Morgan fingerprint density at radius 3 is 2.52 bits per heavy atom. The van der Waals surface area contributed by atoms with E-state index in [1.807, 2.05) is 49.4 Å². The van der Waals surface area contributed by atoms with E-state index in [4.69, 9.17) is 0 Å². The molecule has 4 heterocycles. The van der Waals surface area contributed by atoms with Crippen molar-refractivity contribution in [1.29, 1.82) is 0 Å². The zero-order chi connectivity index (χ0) is 20.1. The summed E-state index contributed by atoms with van der Waals surface area (Å²) in [7, 11) is 0. The van der Waals surface area contributed by atoms with Crippen molar-refractivity contribution in [2.24, 2.45) is 0 Å². The maximum absolute atomic E-state index is 12.3. The minimum absolute atomic E-state index is 0.154. The fourth-order valence-electron chi connectivity index (χ4n) is 2.85. The summed E-state index contributed by atoms with van der Waals surface area (Å²) < 4.78 is 0. The van der Waals surface area contributed by atoms with Gasteiger partial charge in [-0.3, -0.25) is 14.8 Å². The van der Waals surface area contributed by atoms with Gasteiger partial charge in [-0.25, -0.2) is 4.98 Å². The number of carbonyl (C=O) groups is 1. The lowest BCUT2D eigenvalue weighted by atomic mass is 10.1. The molecule has 1 amide bonds. The van der Waals surface area contributed by atoms with Crippen LogP contribution in [0.3, 0.4) is 0 Å². The predicted molar refractivity (Wildman–Crippen MR) is 110 cm³/mol. The molecule has 4 aromatic heterocycles. The van der Waals surface area contributed by atoms with E-state index in [1.54, 1.807) is 30.9 Å². The fourth-order valence-corrected chi connectivity index (χ4v) is 2.85. The average Bonchev–Trinajstić information content (AvgIpc) is 2.75. The van der Waals surface area contributed by atoms with Crippen molar-refractivity contribution in [2.75, 3.05) is 5.32 Å². The van der Waals surface area contributed by atoms with Gasteiger partial charge in [-0.15, -0.1) is 0 Å². The molecular weight excluding hydrogens is 364 g/mol. The van der Waals surface area contributed by atoms with E-state index in [9.17, 15) is 4.79 Å². The molecule has 142 valence electrons. The first-order valence-electron chi connectivity index (χ1n) is 9.09. The normalized spacial score (nSPS) is 10.5. The van der Waals surface area contributed by atoms with Gasteiger partial charge in [-0.2, -0.15) is 10.2 Å². The molecule has 4 rings (SSSR count). The first-order chi connectivity index (χ1) is 14.2. The number of aryl methyl sites for hydroxylation is 1. The van der Waals surface area contributed by atoms with Crippen molar-refractivity contribution in [3.8, 4) is 22.5 Å². The Bertz CT molecular complexity index is 1110. The standard InChI is InChI=1S/C22H18N6O/c1-15-11-17(8-10-23-15)19-6-4-16(13-24-19)12-22(29)27-21-7-5-18(14-25-21)20-3-2-9-26-28-20/h2-11,13-14H,12H2,1H3,(H,25,27,29). The van der Waals surface area contributed by atoms with Crippen molar-refractivity contribution < 1.29 is 4.79 Å². The third-order valence-corrected chi connectivity index (χ3v) is 4.28. The van der Waals surface area contributed by atoms with Crippen molar-refractivity contribution >= 4 is 11.7 Å². The Kier molecular flexibility index (Phi) is 5.29. The highest BCUT2D eigenvalue weighted by atomic mass is 16.1. The van der Waals surface area contributed by atoms with E-state index in [0.29, 0.717) is 5.82 Å². The second-order valence-electron chi connectivity index (χ2n) is 6.50. The maximum Gasteiger partial charge on any atom is 0.230 e. The van der Waals surface area contributed by atoms with Crippen molar-refractivity contribution in [1.82, 2.24) is 25.1 Å². The van der Waals surface area contributed by atoms with Gasteiger partial charge in [0.2, 0.25) is 5.91 Å². The van der Waals surface area contributed by atoms with Crippen LogP contribution in [0.2, 0.25) is 0 Å². The van der Waals surface area contributed by atoms with Gasteiger partial charge in [0.05, 0.1) is 17.8 Å². The van der Waals surface area contributed by atoms with Crippen LogP contribution in [0.4, 0.5) is 5.82 Å². The molecule has 29 heavy (non-hydrogen) atoms. The van der Waals surface area contributed by atoms with E-state index >= 15 is 0 Å². The summed E-state index contributed by atoms with van der Waals surface area (Å²) in [5, 5.41) is 10.7. The van der Waals surface area contributed by atoms with Gasteiger partial charge in [-0.05, 0) is 55.0 Å². The number of nitrogens with zero attached hydrogens (tertiary/aromatic N) is 5. The van der Waals surface area contributed by atoms with Crippen molar-refractivity contribution in [3.63, 3.8) is 0 Å². The number of aromatic nitrogens is 5. The summed E-state index contributed by atoms with van der Waals surface area (Å²) in [4.78, 5) is 25.3. The van der Waals surface area contributed by atoms with Gasteiger partial charge in [0, 0.05) is 41.6 Å². The van der Waals surface area contributed by atoms with Crippen LogP contribution in [0.1, 0.15) is 11.3 Å². The first kappa shape index (κ1) is 18.4. The van der Waals surface area contributed by atoms with E-state index in [1.165, 1.54) is 0 Å². The van der Waals surface area contributed by atoms with E-state index in [0.717, 1.165) is 33.8 Å². The predicted octanol–water partition coefficient (Wildman–Crippen LogP) is 3.49. The lowest BCUT2D eigenvalue weighted by Crippen LogP contribution is -2.15. The molecule has 0 fully saturated rings. The van der Waals surface area contributed by atoms with Gasteiger partial charge in [0.1, 0.15) is 5.82 Å². The highest BCUT2D eigenvalue weighted by Gasteiger charge is 2.07. The molecule has 1 N–H and O–H groups in total. The number of anilines is 1. The molecule has 7 nitrogen and oxygen atoms in total. The zero-order valence-corrected chi connectivity index (χ0v) is 15.8. The Balaban J connectivity index is 1.38. The Morgan fingerprint density at radius 2 is 1.83 bits per heavy atom. The molecule has 0 aliphatic rings. The summed E-state index contributed by atoms with van der Waals surface area (Å²) in [6.45, 7) is 1.94. The minimum atomic E-state index is -0.154. The topological polar surface area (TPSA) is 93.6 Å². The van der Waals surface area contributed by atoms with Gasteiger partial charge < -0.3 is 5.32 Å². The summed E-state index contributed by atoms with van der Waals surface area (Å²) in [5.74, 6) is 0.332. The Morgan fingerprint density at radius 1 is 0.897 bits per heavy atom. The number of nitrogens with one attached hydrogen (secondary N) is 1. The zero-order valence-electron chi connectivity index (χ0n) is 15.8. The van der Waals surface area contributed by atoms with Crippen LogP contribution >= 0.6 is 0 Å². The SMILES string of the molecule is Cc1cc(-c2ccc(CC(=O)Nc3ccc(-c4cccnn4)cn3)cn2)ccn1. The molecule has 0 saturated heterocycles. The largest absolute Gasteiger partial charge is 0.310 e. The highest BCUT2D eigenvalue weighted by molar-refractivity contribution is 5.91. The van der Waals surface area contributed by atoms with Gasteiger partial charge in [0.25, 0.3) is 0 Å². The Labute approximate surface area is 167 Å². The van der Waals surface area contributed by atoms with Gasteiger partial charge in [0.15, 0.2) is 0 Å². The highest BCUT2D eigenvalue weighted by Crippen LogP contribution is 2.18. The molecule has 0 saturated carbocycles. The second kappa shape index (κ2) is 8.35. The number of hydrogen-bond acceptors (Lipinski definition) is 6. The molecule has 0 aromatic carbocycles. The monoisotopic (exact) mass is 382 g/mol. The maximum atomic E-state index is 12.3. The molecule has 0 unspecified atom stereocenters. The third-order valence-electron chi connectivity index (χ3n) is 4.28. The van der Waals surface area contributed by atoms with E-state index in [-0.39, 0.29) is 12.3 Å². The van der Waals surface area contributed by atoms with Crippen LogP contribution in [0.5, 0.6) is 0 Å². The van der Waals surface area contributed by atoms with E-state index in [2.05, 4.69) is 30.5 Å². The van der Waals surface area contributed by atoms with Crippen LogP contribution in [0.15, 0.2) is 73.3 Å². The van der Waals surface area contributed by atoms with Crippen LogP contribution in [-0.4, -0.2) is 31.1 Å². The number of rotatable bonds is 5. The van der Waals surface area contributed by atoms with Crippen LogP contribution < -0.4 is 5.32 Å². The fraction of sp³-hybridized carbons (Fsp3) is 0.0909. The summed E-state index contributed by atoms with van der Waals surface area (Å²) >= 11 is 0. The van der Waals surface area contributed by atoms with E-state index < -0.39 is 0 Å². The molecular formula is C22H18N6O. The molecule has 0 bridgehead atoms. The second-order valence-corrected chi connectivity index (χ2v) is 6.50. The number of amides is 1. The van der Waals surface area contributed by atoms with Crippen molar-refractivity contribution in [3.05, 3.63) is 84.6 Å². The number of pyridine rings is 3. The van der Waals surface area contributed by atoms with Crippen LogP contribution in [-0.2, 0) is 11.2 Å². The van der Waals surface area contributed by atoms with Crippen LogP contribution in [0, 0.1) is 6.92 Å². The third kappa shape index (κ3) is 4.65. The smallest absolute Gasteiger partial charge is 0.230 e. The lowest BCUT2D eigenvalue weighted by molar-refractivity contribution is -0.115. The Hall–Kier alpha value is -4.00. The van der Waals surface area contributed by atoms with Crippen LogP contribution in [0.25, 0.3) is 22.5 Å². The molecule has 7 heteroatoms. The molecule has 4 aromatic rings.